The Hall–Kier alpha value is -3.35. The highest BCUT2D eigenvalue weighted by molar-refractivity contribution is 5.80. The second-order valence-corrected chi connectivity index (χ2v) is 7.26. The number of nitrogens with one attached hydrogen (secondary N) is 2. The third-order valence-electron chi connectivity index (χ3n) is 5.56. The van der Waals surface area contributed by atoms with Gasteiger partial charge in [-0.1, -0.05) is 12.5 Å². The summed E-state index contributed by atoms with van der Waals surface area (Å²) in [6, 6.07) is 12.9. The summed E-state index contributed by atoms with van der Waals surface area (Å²) in [5.41, 5.74) is 3.93. The van der Waals surface area contributed by atoms with Crippen molar-refractivity contribution in [2.75, 3.05) is 11.9 Å². The normalized spacial score (nSPS) is 15.3. The van der Waals surface area contributed by atoms with Gasteiger partial charge in [0, 0.05) is 23.7 Å². The number of hydrogen-bond acceptors (Lipinski definition) is 5. The van der Waals surface area contributed by atoms with Crippen molar-refractivity contribution >= 4 is 16.9 Å². The summed E-state index contributed by atoms with van der Waals surface area (Å²) in [6.45, 7) is 0.592. The number of H-pyrrole nitrogens is 1. The van der Waals surface area contributed by atoms with E-state index in [9.17, 15) is 4.39 Å². The summed E-state index contributed by atoms with van der Waals surface area (Å²) < 4.78 is 14.2. The molecule has 1 aromatic carbocycles. The number of hydrogen-bond donors (Lipinski definition) is 2. The standard InChI is InChI=1S/C21H19FN6/c22-15-3-1-10-23-20(15)21(8-2-9-21)12-24-19-7-6-16(27-28-19)14-4-5-17-18(11-14)26-13-25-17/h1,3-7,10-11,13H,2,8-9,12H2,(H,24,28)(H,25,26). The van der Waals surface area contributed by atoms with Gasteiger partial charge < -0.3 is 10.3 Å². The third kappa shape index (κ3) is 2.89. The number of aromatic amines is 1. The van der Waals surface area contributed by atoms with Crippen molar-refractivity contribution in [3.05, 3.63) is 66.5 Å². The second-order valence-electron chi connectivity index (χ2n) is 7.26. The Morgan fingerprint density at radius 2 is 2.00 bits per heavy atom. The number of imidazole rings is 1. The molecule has 1 aliphatic carbocycles. The predicted molar refractivity (Wildman–Crippen MR) is 105 cm³/mol. The molecule has 140 valence electrons. The second kappa shape index (κ2) is 6.67. The van der Waals surface area contributed by atoms with E-state index in [1.807, 2.05) is 30.3 Å². The van der Waals surface area contributed by atoms with E-state index in [0.29, 0.717) is 18.1 Å². The van der Waals surface area contributed by atoms with Gasteiger partial charge in [0.05, 0.1) is 28.7 Å². The number of fused-ring (bicyclic) bond motifs is 1. The van der Waals surface area contributed by atoms with E-state index in [4.69, 9.17) is 0 Å². The number of halogens is 1. The molecule has 0 radical (unpaired) electrons. The molecule has 0 atom stereocenters. The Morgan fingerprint density at radius 1 is 1.07 bits per heavy atom. The van der Waals surface area contributed by atoms with Crippen molar-refractivity contribution < 1.29 is 4.39 Å². The SMILES string of the molecule is Fc1cccnc1C1(CNc2ccc(-c3ccc4nc[nH]c4c3)nn2)CCC1. The first-order valence-electron chi connectivity index (χ1n) is 9.36. The van der Waals surface area contributed by atoms with Gasteiger partial charge in [-0.25, -0.2) is 9.37 Å². The van der Waals surface area contributed by atoms with Gasteiger partial charge in [0.1, 0.15) is 11.6 Å². The zero-order chi connectivity index (χ0) is 19.0. The molecular weight excluding hydrogens is 355 g/mol. The predicted octanol–water partition coefficient (Wildman–Crippen LogP) is 4.09. The summed E-state index contributed by atoms with van der Waals surface area (Å²) in [7, 11) is 0. The van der Waals surface area contributed by atoms with Crippen LogP contribution < -0.4 is 5.32 Å². The Morgan fingerprint density at radius 3 is 2.75 bits per heavy atom. The van der Waals surface area contributed by atoms with Crippen LogP contribution in [0.5, 0.6) is 0 Å². The summed E-state index contributed by atoms with van der Waals surface area (Å²) >= 11 is 0. The molecule has 1 aliphatic rings. The van der Waals surface area contributed by atoms with Crippen molar-refractivity contribution in [1.82, 2.24) is 25.1 Å². The van der Waals surface area contributed by atoms with Crippen LogP contribution in [0.25, 0.3) is 22.3 Å². The maximum Gasteiger partial charge on any atom is 0.148 e. The fourth-order valence-electron chi connectivity index (χ4n) is 3.81. The highest BCUT2D eigenvalue weighted by atomic mass is 19.1. The summed E-state index contributed by atoms with van der Waals surface area (Å²) in [6.07, 6.45) is 6.25. The van der Waals surface area contributed by atoms with Crippen molar-refractivity contribution in [3.8, 4) is 11.3 Å². The van der Waals surface area contributed by atoms with Crippen LogP contribution in [-0.4, -0.2) is 31.7 Å². The monoisotopic (exact) mass is 374 g/mol. The van der Waals surface area contributed by atoms with E-state index in [1.165, 1.54) is 6.07 Å². The van der Waals surface area contributed by atoms with Gasteiger partial charge in [-0.15, -0.1) is 10.2 Å². The first-order valence-corrected chi connectivity index (χ1v) is 9.36. The molecule has 3 aromatic heterocycles. The Kier molecular flexibility index (Phi) is 4.00. The lowest BCUT2D eigenvalue weighted by Gasteiger charge is -2.41. The molecule has 7 heteroatoms. The molecule has 0 amide bonds. The van der Waals surface area contributed by atoms with Crippen LogP contribution in [0.2, 0.25) is 0 Å². The summed E-state index contributed by atoms with van der Waals surface area (Å²) in [5.74, 6) is 0.439. The average Bonchev–Trinajstić information content (AvgIpc) is 3.17. The van der Waals surface area contributed by atoms with E-state index in [2.05, 4.69) is 30.5 Å². The Bertz CT molecular complexity index is 1120. The maximum atomic E-state index is 14.2. The van der Waals surface area contributed by atoms with Crippen molar-refractivity contribution in [1.29, 1.82) is 0 Å². The van der Waals surface area contributed by atoms with Gasteiger partial charge in [-0.05, 0) is 49.2 Å². The molecule has 0 unspecified atom stereocenters. The van der Waals surface area contributed by atoms with E-state index < -0.39 is 0 Å². The summed E-state index contributed by atoms with van der Waals surface area (Å²) in [5, 5.41) is 12.0. The highest BCUT2D eigenvalue weighted by Gasteiger charge is 2.41. The van der Waals surface area contributed by atoms with Crippen LogP contribution in [0.15, 0.2) is 55.0 Å². The van der Waals surface area contributed by atoms with Crippen LogP contribution in [0.3, 0.4) is 0 Å². The molecule has 1 fully saturated rings. The number of aromatic nitrogens is 5. The average molecular weight is 374 g/mol. The third-order valence-corrected chi connectivity index (χ3v) is 5.56. The lowest BCUT2D eigenvalue weighted by Crippen LogP contribution is -2.42. The lowest BCUT2D eigenvalue weighted by molar-refractivity contribution is 0.243. The van der Waals surface area contributed by atoms with Gasteiger partial charge in [0.2, 0.25) is 0 Å². The van der Waals surface area contributed by atoms with Crippen LogP contribution in [-0.2, 0) is 5.41 Å². The molecule has 1 saturated carbocycles. The minimum atomic E-state index is -0.267. The molecule has 6 nitrogen and oxygen atoms in total. The number of benzene rings is 1. The van der Waals surface area contributed by atoms with Gasteiger partial charge in [-0.3, -0.25) is 4.98 Å². The zero-order valence-electron chi connectivity index (χ0n) is 15.2. The van der Waals surface area contributed by atoms with Gasteiger partial charge in [-0.2, -0.15) is 0 Å². The van der Waals surface area contributed by atoms with Crippen molar-refractivity contribution in [3.63, 3.8) is 0 Å². The van der Waals surface area contributed by atoms with Gasteiger partial charge >= 0.3 is 0 Å². The first kappa shape index (κ1) is 16.8. The zero-order valence-corrected chi connectivity index (χ0v) is 15.2. The molecule has 3 heterocycles. The molecule has 28 heavy (non-hydrogen) atoms. The van der Waals surface area contributed by atoms with Crippen LogP contribution >= 0.6 is 0 Å². The number of anilines is 1. The van der Waals surface area contributed by atoms with E-state index in [0.717, 1.165) is 41.6 Å². The topological polar surface area (TPSA) is 79.4 Å². The summed E-state index contributed by atoms with van der Waals surface area (Å²) in [4.78, 5) is 11.6. The van der Waals surface area contributed by atoms with Crippen LogP contribution in [0, 0.1) is 5.82 Å². The molecule has 2 N–H and O–H groups in total. The molecule has 0 saturated heterocycles. The lowest BCUT2D eigenvalue weighted by atomic mass is 9.66. The highest BCUT2D eigenvalue weighted by Crippen LogP contribution is 2.43. The number of rotatable bonds is 5. The fraction of sp³-hybridized carbons (Fsp3) is 0.238. The minimum absolute atomic E-state index is 0.236. The fourth-order valence-corrected chi connectivity index (χ4v) is 3.81. The van der Waals surface area contributed by atoms with E-state index in [1.54, 1.807) is 18.6 Å². The minimum Gasteiger partial charge on any atom is -0.368 e. The maximum absolute atomic E-state index is 14.2. The van der Waals surface area contributed by atoms with E-state index in [-0.39, 0.29) is 11.2 Å². The quantitative estimate of drug-likeness (QED) is 0.550. The molecule has 5 rings (SSSR count). The molecule has 0 spiro atoms. The molecule has 4 aromatic rings. The Labute approximate surface area is 161 Å². The molecule has 0 bridgehead atoms. The van der Waals surface area contributed by atoms with E-state index >= 15 is 0 Å². The molecule has 0 aliphatic heterocycles. The van der Waals surface area contributed by atoms with Gasteiger partial charge in [0.15, 0.2) is 0 Å². The number of nitrogens with zero attached hydrogens (tertiary/aromatic N) is 4. The van der Waals surface area contributed by atoms with Crippen LogP contribution in [0.4, 0.5) is 10.2 Å². The smallest absolute Gasteiger partial charge is 0.148 e. The Balaban J connectivity index is 1.33. The van der Waals surface area contributed by atoms with Gasteiger partial charge in [0.25, 0.3) is 0 Å². The van der Waals surface area contributed by atoms with Crippen molar-refractivity contribution in [2.24, 2.45) is 0 Å². The van der Waals surface area contributed by atoms with Crippen LogP contribution in [0.1, 0.15) is 25.0 Å². The molecular formula is C21H19FN6. The number of pyridine rings is 1. The van der Waals surface area contributed by atoms with Crippen molar-refractivity contribution in [2.45, 2.75) is 24.7 Å². The largest absolute Gasteiger partial charge is 0.368 e. The first-order chi connectivity index (χ1) is 13.7.